The first-order chi connectivity index (χ1) is 10.1. The van der Waals surface area contributed by atoms with E-state index in [1.807, 2.05) is 17.9 Å². The van der Waals surface area contributed by atoms with Crippen LogP contribution in [0.2, 0.25) is 0 Å². The molecule has 6 heteroatoms. The van der Waals surface area contributed by atoms with Crippen molar-refractivity contribution in [3.63, 3.8) is 0 Å². The van der Waals surface area contributed by atoms with E-state index in [4.69, 9.17) is 0 Å². The van der Waals surface area contributed by atoms with Gasteiger partial charge >= 0.3 is 0 Å². The molecule has 0 bridgehead atoms. The Bertz CT molecular complexity index is 685. The zero-order valence-corrected chi connectivity index (χ0v) is 11.8. The van der Waals surface area contributed by atoms with Crippen molar-refractivity contribution in [2.24, 2.45) is 0 Å². The minimum Gasteiger partial charge on any atom is -0.395 e. The average molecular weight is 287 g/mol. The molecule has 0 atom stereocenters. The van der Waals surface area contributed by atoms with Crippen LogP contribution >= 0.6 is 0 Å². The number of aliphatic hydroxyl groups excluding tert-OH is 1. The average Bonchev–Trinajstić information content (AvgIpc) is 2.45. The summed E-state index contributed by atoms with van der Waals surface area (Å²) in [5.74, 6) is 0. The van der Waals surface area contributed by atoms with Gasteiger partial charge in [-0.05, 0) is 19.1 Å². The number of benzene rings is 1. The topological polar surface area (TPSA) is 79.5 Å². The smallest absolute Gasteiger partial charge is 0.278 e. The van der Waals surface area contributed by atoms with Gasteiger partial charge in [-0.25, -0.2) is 0 Å². The lowest BCUT2D eigenvalue weighted by molar-refractivity contribution is -0.383. The molecule has 0 amide bonds. The summed E-state index contributed by atoms with van der Waals surface area (Å²) in [5, 5.41) is 21.6. The Morgan fingerprint density at radius 1 is 1.48 bits per heavy atom. The Balaban J connectivity index is 2.68. The maximum atomic E-state index is 11.1. The van der Waals surface area contributed by atoms with Crippen molar-refractivity contribution in [1.29, 1.82) is 0 Å². The van der Waals surface area contributed by atoms with Crippen LogP contribution in [0.1, 0.15) is 5.69 Å². The summed E-state index contributed by atoms with van der Waals surface area (Å²) in [6.45, 7) is 6.52. The van der Waals surface area contributed by atoms with Crippen LogP contribution in [0.15, 0.2) is 37.1 Å². The number of nitrogens with zero attached hydrogens (tertiary/aromatic N) is 3. The number of fused-ring (bicyclic) bond motifs is 1. The zero-order chi connectivity index (χ0) is 15.4. The molecule has 0 radical (unpaired) electrons. The van der Waals surface area contributed by atoms with E-state index in [0.29, 0.717) is 18.5 Å². The summed E-state index contributed by atoms with van der Waals surface area (Å²) in [6, 6.07) is 5.01. The van der Waals surface area contributed by atoms with Crippen LogP contribution in [0.5, 0.6) is 0 Å². The molecular weight excluding hydrogens is 270 g/mol. The number of hydrogen-bond acceptors (Lipinski definition) is 5. The Kier molecular flexibility index (Phi) is 4.49. The molecule has 0 fully saturated rings. The summed E-state index contributed by atoms with van der Waals surface area (Å²) >= 11 is 0. The number of pyridine rings is 1. The van der Waals surface area contributed by atoms with Crippen LogP contribution in [0.3, 0.4) is 0 Å². The van der Waals surface area contributed by atoms with Crippen molar-refractivity contribution in [2.75, 3.05) is 24.6 Å². The molecular formula is C15H17N3O3. The van der Waals surface area contributed by atoms with Crippen LogP contribution in [0.4, 0.5) is 11.4 Å². The second-order valence-electron chi connectivity index (χ2n) is 4.69. The number of aliphatic hydroxyl groups is 1. The fraction of sp³-hybridized carbons (Fsp3) is 0.267. The number of nitro benzene ring substituents is 1. The molecule has 110 valence electrons. The highest BCUT2D eigenvalue weighted by molar-refractivity contribution is 5.99. The second-order valence-corrected chi connectivity index (χ2v) is 4.69. The standard InChI is InChI=1S/C15H17N3O3/c1-3-6-17(7-8-19)14-4-5-15(18(20)21)13-10-16-11(2)9-12(13)14/h3-5,9-10,19H,1,6-8H2,2H3. The van der Waals surface area contributed by atoms with Gasteiger partial charge in [-0.1, -0.05) is 6.08 Å². The number of hydrogen-bond donors (Lipinski definition) is 1. The number of nitro groups is 1. The summed E-state index contributed by atoms with van der Waals surface area (Å²) in [6.07, 6.45) is 3.26. The van der Waals surface area contributed by atoms with E-state index in [2.05, 4.69) is 11.6 Å². The number of aryl methyl sites for hydroxylation is 1. The van der Waals surface area contributed by atoms with Crippen molar-refractivity contribution in [2.45, 2.75) is 6.92 Å². The van der Waals surface area contributed by atoms with E-state index in [-0.39, 0.29) is 12.3 Å². The van der Waals surface area contributed by atoms with Crippen molar-refractivity contribution in [3.8, 4) is 0 Å². The zero-order valence-electron chi connectivity index (χ0n) is 11.8. The molecule has 0 saturated heterocycles. The van der Waals surface area contributed by atoms with Crippen LogP contribution in [-0.4, -0.2) is 34.7 Å². The Morgan fingerprint density at radius 3 is 2.86 bits per heavy atom. The van der Waals surface area contributed by atoms with E-state index in [1.54, 1.807) is 12.1 Å². The maximum absolute atomic E-state index is 11.1. The Labute approximate surface area is 122 Å². The number of non-ortho nitro benzene ring substituents is 1. The van der Waals surface area contributed by atoms with Gasteiger partial charge in [-0.2, -0.15) is 0 Å². The molecule has 0 aliphatic carbocycles. The van der Waals surface area contributed by atoms with Gasteiger partial charge in [-0.3, -0.25) is 15.1 Å². The van der Waals surface area contributed by atoms with Crippen LogP contribution in [-0.2, 0) is 0 Å². The first-order valence-electron chi connectivity index (χ1n) is 6.59. The number of aromatic nitrogens is 1. The van der Waals surface area contributed by atoms with Crippen molar-refractivity contribution >= 4 is 22.1 Å². The van der Waals surface area contributed by atoms with Crippen LogP contribution < -0.4 is 4.90 Å². The minimum absolute atomic E-state index is 0.00358. The third kappa shape index (κ3) is 3.00. The third-order valence-corrected chi connectivity index (χ3v) is 3.25. The van der Waals surface area contributed by atoms with Crippen molar-refractivity contribution < 1.29 is 10.0 Å². The molecule has 1 N–H and O–H groups in total. The first-order valence-corrected chi connectivity index (χ1v) is 6.59. The van der Waals surface area contributed by atoms with Gasteiger partial charge in [0.1, 0.15) is 0 Å². The fourth-order valence-electron chi connectivity index (χ4n) is 2.33. The molecule has 0 aliphatic heterocycles. The molecule has 6 nitrogen and oxygen atoms in total. The number of anilines is 1. The van der Waals surface area contributed by atoms with Gasteiger partial charge in [0.2, 0.25) is 0 Å². The normalized spacial score (nSPS) is 10.6. The Morgan fingerprint density at radius 2 is 2.24 bits per heavy atom. The third-order valence-electron chi connectivity index (χ3n) is 3.25. The lowest BCUT2D eigenvalue weighted by Gasteiger charge is -2.24. The van der Waals surface area contributed by atoms with E-state index in [0.717, 1.165) is 16.8 Å². The number of rotatable bonds is 6. The molecule has 0 aliphatic rings. The van der Waals surface area contributed by atoms with E-state index < -0.39 is 4.92 Å². The van der Waals surface area contributed by atoms with Gasteiger partial charge in [-0.15, -0.1) is 6.58 Å². The first kappa shape index (κ1) is 14.9. The predicted molar refractivity (Wildman–Crippen MR) is 82.6 cm³/mol. The molecule has 2 aromatic rings. The lowest BCUT2D eigenvalue weighted by Crippen LogP contribution is -2.26. The monoisotopic (exact) mass is 287 g/mol. The van der Waals surface area contributed by atoms with Crippen molar-refractivity contribution in [3.05, 3.63) is 52.9 Å². The van der Waals surface area contributed by atoms with Crippen LogP contribution in [0, 0.1) is 17.0 Å². The SMILES string of the molecule is C=CCN(CCO)c1ccc([N+](=O)[O-])c2cnc(C)cc12. The minimum atomic E-state index is -0.410. The predicted octanol–water partition coefficient (Wildman–Crippen LogP) is 2.44. The van der Waals surface area contributed by atoms with Crippen molar-refractivity contribution in [1.82, 2.24) is 4.98 Å². The molecule has 2 rings (SSSR count). The lowest BCUT2D eigenvalue weighted by atomic mass is 10.1. The largest absolute Gasteiger partial charge is 0.395 e. The van der Waals surface area contributed by atoms with Gasteiger partial charge < -0.3 is 10.0 Å². The molecule has 21 heavy (non-hydrogen) atoms. The highest BCUT2D eigenvalue weighted by atomic mass is 16.6. The van der Waals surface area contributed by atoms with Gasteiger partial charge in [0.15, 0.2) is 0 Å². The molecule has 1 heterocycles. The molecule has 1 aromatic heterocycles. The molecule has 0 spiro atoms. The van der Waals surface area contributed by atoms with Gasteiger partial charge in [0, 0.05) is 42.1 Å². The summed E-state index contributed by atoms with van der Waals surface area (Å²) < 4.78 is 0. The van der Waals surface area contributed by atoms with Crippen LogP contribution in [0.25, 0.3) is 10.8 Å². The van der Waals surface area contributed by atoms with Gasteiger partial charge in [0.25, 0.3) is 5.69 Å². The molecule has 0 unspecified atom stereocenters. The Hall–Kier alpha value is -2.47. The van der Waals surface area contributed by atoms with E-state index in [9.17, 15) is 15.2 Å². The highest BCUT2D eigenvalue weighted by Gasteiger charge is 2.17. The summed E-state index contributed by atoms with van der Waals surface area (Å²) in [7, 11) is 0. The summed E-state index contributed by atoms with van der Waals surface area (Å²) in [4.78, 5) is 16.8. The molecule has 1 aromatic carbocycles. The molecule has 0 saturated carbocycles. The maximum Gasteiger partial charge on any atom is 0.278 e. The highest BCUT2D eigenvalue weighted by Crippen LogP contribution is 2.33. The van der Waals surface area contributed by atoms with E-state index >= 15 is 0 Å². The summed E-state index contributed by atoms with van der Waals surface area (Å²) in [5.41, 5.74) is 1.64. The quantitative estimate of drug-likeness (QED) is 0.501. The van der Waals surface area contributed by atoms with E-state index in [1.165, 1.54) is 12.3 Å². The second kappa shape index (κ2) is 6.32. The fourth-order valence-corrected chi connectivity index (χ4v) is 2.33. The van der Waals surface area contributed by atoms with Gasteiger partial charge in [0.05, 0.1) is 16.9 Å².